The molecular weight excluding hydrogens is 410 g/mol. The normalized spacial score (nSPS) is 10.8. The number of urea groups is 1. The van der Waals surface area contributed by atoms with Gasteiger partial charge in [0, 0.05) is 30.0 Å². The van der Waals surface area contributed by atoms with Crippen LogP contribution in [0.2, 0.25) is 0 Å². The number of nitrogens with one attached hydrogen (secondary N) is 2. The zero-order chi connectivity index (χ0) is 22.1. The first-order valence-electron chi connectivity index (χ1n) is 10.3. The molecule has 3 aromatic rings. The fourth-order valence-corrected chi connectivity index (χ4v) is 3.80. The SMILES string of the molecule is COc1ccc(COCc2cccc(NC(=O)NCCc3csc(C(C)C)n3)c2)cc1. The van der Waals surface area contributed by atoms with Crippen molar-refractivity contribution in [2.75, 3.05) is 19.0 Å². The molecule has 0 saturated carbocycles. The molecule has 0 spiro atoms. The van der Waals surface area contributed by atoms with Gasteiger partial charge in [-0.3, -0.25) is 0 Å². The molecule has 0 radical (unpaired) electrons. The Morgan fingerprint density at radius 2 is 1.87 bits per heavy atom. The lowest BCUT2D eigenvalue weighted by Crippen LogP contribution is -2.30. The van der Waals surface area contributed by atoms with E-state index in [0.717, 1.165) is 39.7 Å². The highest BCUT2D eigenvalue weighted by Gasteiger charge is 2.07. The standard InChI is InChI=1S/C24H29N3O3S/c1-17(2)23-26-21(16-31-23)11-12-25-24(28)27-20-6-4-5-19(13-20)15-30-14-18-7-9-22(29-3)10-8-18/h4-10,13,16-17H,11-12,14-15H2,1-3H3,(H2,25,27,28). The van der Waals surface area contributed by atoms with Gasteiger partial charge in [0.15, 0.2) is 0 Å². The predicted octanol–water partition coefficient (Wildman–Crippen LogP) is 5.36. The van der Waals surface area contributed by atoms with Gasteiger partial charge in [0.2, 0.25) is 0 Å². The van der Waals surface area contributed by atoms with Crippen molar-refractivity contribution in [2.24, 2.45) is 0 Å². The Morgan fingerprint density at radius 3 is 2.58 bits per heavy atom. The van der Waals surface area contributed by atoms with Crippen molar-refractivity contribution in [2.45, 2.75) is 39.4 Å². The summed E-state index contributed by atoms with van der Waals surface area (Å²) in [5.41, 5.74) is 3.83. The van der Waals surface area contributed by atoms with Crippen molar-refractivity contribution in [3.05, 3.63) is 75.7 Å². The van der Waals surface area contributed by atoms with Gasteiger partial charge in [0.05, 0.1) is 31.0 Å². The molecule has 0 fully saturated rings. The number of aromatic nitrogens is 1. The van der Waals surface area contributed by atoms with Crippen LogP contribution in [0.15, 0.2) is 53.9 Å². The zero-order valence-corrected chi connectivity index (χ0v) is 19.0. The Labute approximate surface area is 187 Å². The number of amides is 2. The van der Waals surface area contributed by atoms with Crippen molar-refractivity contribution >= 4 is 23.1 Å². The average molecular weight is 440 g/mol. The number of hydrogen-bond donors (Lipinski definition) is 2. The van der Waals surface area contributed by atoms with Crippen molar-refractivity contribution in [1.29, 1.82) is 0 Å². The minimum Gasteiger partial charge on any atom is -0.497 e. The quantitative estimate of drug-likeness (QED) is 0.446. The predicted molar refractivity (Wildman–Crippen MR) is 125 cm³/mol. The number of hydrogen-bond acceptors (Lipinski definition) is 5. The van der Waals surface area contributed by atoms with Crippen LogP contribution < -0.4 is 15.4 Å². The first kappa shape index (κ1) is 22.8. The maximum absolute atomic E-state index is 12.2. The smallest absolute Gasteiger partial charge is 0.319 e. The molecule has 31 heavy (non-hydrogen) atoms. The summed E-state index contributed by atoms with van der Waals surface area (Å²) in [6.07, 6.45) is 0.718. The van der Waals surface area contributed by atoms with Crippen LogP contribution >= 0.6 is 11.3 Å². The fraction of sp³-hybridized carbons (Fsp3) is 0.333. The largest absolute Gasteiger partial charge is 0.497 e. The van der Waals surface area contributed by atoms with E-state index in [4.69, 9.17) is 9.47 Å². The number of benzene rings is 2. The number of carbonyl (C=O) groups is 1. The molecule has 164 valence electrons. The van der Waals surface area contributed by atoms with E-state index >= 15 is 0 Å². The van der Waals surface area contributed by atoms with Crippen LogP contribution in [0.3, 0.4) is 0 Å². The van der Waals surface area contributed by atoms with Gasteiger partial charge in [-0.1, -0.05) is 38.1 Å². The van der Waals surface area contributed by atoms with Crippen molar-refractivity contribution in [3.8, 4) is 5.75 Å². The van der Waals surface area contributed by atoms with E-state index in [-0.39, 0.29) is 6.03 Å². The molecule has 2 N–H and O–H groups in total. The molecule has 0 aliphatic heterocycles. The van der Waals surface area contributed by atoms with Gasteiger partial charge in [-0.25, -0.2) is 9.78 Å². The maximum Gasteiger partial charge on any atom is 0.319 e. The summed E-state index contributed by atoms with van der Waals surface area (Å²) in [7, 11) is 1.65. The van der Waals surface area contributed by atoms with Gasteiger partial charge in [-0.05, 0) is 35.4 Å². The molecule has 6 nitrogen and oxygen atoms in total. The number of carbonyl (C=O) groups excluding carboxylic acids is 1. The Morgan fingerprint density at radius 1 is 1.10 bits per heavy atom. The molecule has 3 rings (SSSR count). The summed E-state index contributed by atoms with van der Waals surface area (Å²) < 4.78 is 11.0. The summed E-state index contributed by atoms with van der Waals surface area (Å²) in [5.74, 6) is 1.26. The van der Waals surface area contributed by atoms with Crippen LogP contribution in [0.1, 0.15) is 41.6 Å². The average Bonchev–Trinajstić information content (AvgIpc) is 3.24. The van der Waals surface area contributed by atoms with Gasteiger partial charge in [-0.15, -0.1) is 11.3 Å². The highest BCUT2D eigenvalue weighted by Crippen LogP contribution is 2.19. The second-order valence-corrected chi connectivity index (χ2v) is 8.39. The van der Waals surface area contributed by atoms with E-state index in [1.165, 1.54) is 0 Å². The third-order valence-corrected chi connectivity index (χ3v) is 5.81. The van der Waals surface area contributed by atoms with Crippen LogP contribution in [0, 0.1) is 0 Å². The Hall–Kier alpha value is -2.90. The number of ether oxygens (including phenoxy) is 2. The topological polar surface area (TPSA) is 72.5 Å². The van der Waals surface area contributed by atoms with E-state index < -0.39 is 0 Å². The molecule has 0 saturated heterocycles. The third-order valence-electron chi connectivity index (χ3n) is 4.61. The molecule has 2 amide bonds. The third kappa shape index (κ3) is 7.38. The molecule has 0 atom stereocenters. The highest BCUT2D eigenvalue weighted by atomic mass is 32.1. The van der Waals surface area contributed by atoms with Crippen LogP contribution in [0.5, 0.6) is 5.75 Å². The van der Waals surface area contributed by atoms with Crippen LogP contribution in [0.4, 0.5) is 10.5 Å². The second kappa shape index (κ2) is 11.5. The van der Waals surface area contributed by atoms with Crippen LogP contribution in [-0.2, 0) is 24.4 Å². The summed E-state index contributed by atoms with van der Waals surface area (Å²) in [5, 5.41) is 8.95. The first-order chi connectivity index (χ1) is 15.0. The van der Waals surface area contributed by atoms with Crippen molar-refractivity contribution < 1.29 is 14.3 Å². The first-order valence-corrected chi connectivity index (χ1v) is 11.2. The number of rotatable bonds is 10. The Kier molecular flexibility index (Phi) is 8.44. The minimum absolute atomic E-state index is 0.226. The number of anilines is 1. The van der Waals surface area contributed by atoms with Gasteiger partial charge >= 0.3 is 6.03 Å². The molecule has 7 heteroatoms. The fourth-order valence-electron chi connectivity index (χ4n) is 2.93. The van der Waals surface area contributed by atoms with Gasteiger partial charge in [0.25, 0.3) is 0 Å². The van der Waals surface area contributed by atoms with Crippen LogP contribution in [0.25, 0.3) is 0 Å². The van der Waals surface area contributed by atoms with Gasteiger partial charge in [0.1, 0.15) is 5.75 Å². The minimum atomic E-state index is -0.226. The summed E-state index contributed by atoms with van der Waals surface area (Å²) in [4.78, 5) is 16.8. The number of thiazole rings is 1. The van der Waals surface area contributed by atoms with Crippen molar-refractivity contribution in [1.82, 2.24) is 10.3 Å². The maximum atomic E-state index is 12.2. The Balaban J connectivity index is 1.40. The number of nitrogens with zero attached hydrogens (tertiary/aromatic N) is 1. The van der Waals surface area contributed by atoms with Gasteiger partial charge in [-0.2, -0.15) is 0 Å². The summed E-state index contributed by atoms with van der Waals surface area (Å²) in [6, 6.07) is 15.2. The molecule has 0 unspecified atom stereocenters. The molecule has 0 bridgehead atoms. The lowest BCUT2D eigenvalue weighted by Gasteiger charge is -2.10. The van der Waals surface area contributed by atoms with E-state index in [0.29, 0.717) is 25.7 Å². The van der Waals surface area contributed by atoms with E-state index in [1.807, 2.05) is 48.5 Å². The molecule has 1 heterocycles. The summed E-state index contributed by atoms with van der Waals surface area (Å²) in [6.45, 7) is 5.78. The lowest BCUT2D eigenvalue weighted by molar-refractivity contribution is 0.107. The van der Waals surface area contributed by atoms with E-state index in [9.17, 15) is 4.79 Å². The monoisotopic (exact) mass is 439 g/mol. The second-order valence-electron chi connectivity index (χ2n) is 7.50. The molecular formula is C24H29N3O3S. The molecule has 2 aromatic carbocycles. The summed E-state index contributed by atoms with van der Waals surface area (Å²) >= 11 is 1.67. The molecule has 0 aliphatic carbocycles. The van der Waals surface area contributed by atoms with E-state index in [1.54, 1.807) is 18.4 Å². The van der Waals surface area contributed by atoms with E-state index in [2.05, 4.69) is 34.8 Å². The lowest BCUT2D eigenvalue weighted by atomic mass is 10.2. The van der Waals surface area contributed by atoms with Crippen LogP contribution in [-0.4, -0.2) is 24.7 Å². The molecule has 1 aromatic heterocycles. The van der Waals surface area contributed by atoms with Crippen molar-refractivity contribution in [3.63, 3.8) is 0 Å². The number of methoxy groups -OCH3 is 1. The van der Waals surface area contributed by atoms with Gasteiger partial charge < -0.3 is 20.1 Å². The Bertz CT molecular complexity index is 970. The highest BCUT2D eigenvalue weighted by molar-refractivity contribution is 7.09. The zero-order valence-electron chi connectivity index (χ0n) is 18.2. The molecule has 0 aliphatic rings.